The van der Waals surface area contributed by atoms with Gasteiger partial charge in [0.05, 0.1) is 13.1 Å². The van der Waals surface area contributed by atoms with Crippen LogP contribution in [-0.2, 0) is 36.8 Å². The number of rotatable bonds is 11. The highest BCUT2D eigenvalue weighted by atomic mass is 16.5. The Morgan fingerprint density at radius 3 is 1.61 bits per heavy atom. The average molecular weight is 749 g/mol. The van der Waals surface area contributed by atoms with Crippen LogP contribution in [0.3, 0.4) is 0 Å². The number of nitrogens with one attached hydrogen (secondary N) is 2. The highest BCUT2D eigenvalue weighted by Crippen LogP contribution is 2.23. The molecule has 288 valence electrons. The minimum Gasteiger partial charge on any atom is -0.479 e. The van der Waals surface area contributed by atoms with E-state index in [1.807, 2.05) is 0 Å². The van der Waals surface area contributed by atoms with Crippen molar-refractivity contribution in [3.8, 4) is 35.7 Å². The smallest absolute Gasteiger partial charge is 0.345 e. The van der Waals surface area contributed by atoms with Crippen LogP contribution < -0.4 is 41.0 Å². The maximum atomic E-state index is 13.0. The van der Waals surface area contributed by atoms with Crippen LogP contribution in [0.15, 0.2) is 9.59 Å². The number of fused-ring (bicyclic) bond motifs is 2. The lowest BCUT2D eigenvalue weighted by Crippen LogP contribution is -2.44. The molecule has 0 saturated carbocycles. The van der Waals surface area contributed by atoms with E-state index < -0.39 is 24.6 Å². The van der Waals surface area contributed by atoms with E-state index in [0.717, 1.165) is 52.4 Å². The second-order valence-corrected chi connectivity index (χ2v) is 12.2. The summed E-state index contributed by atoms with van der Waals surface area (Å²) < 4.78 is 16.5. The molecule has 0 aliphatic carbocycles. The zero-order valence-electron chi connectivity index (χ0n) is 30.9. The van der Waals surface area contributed by atoms with Gasteiger partial charge in [0.1, 0.15) is 0 Å². The van der Waals surface area contributed by atoms with Crippen LogP contribution in [-0.4, -0.2) is 125 Å². The molecule has 0 radical (unpaired) electrons. The summed E-state index contributed by atoms with van der Waals surface area (Å²) in [6.45, 7) is 11.5. The molecule has 1 atom stereocenters. The third-order valence-corrected chi connectivity index (χ3v) is 8.70. The quantitative estimate of drug-likeness (QED) is 0.133. The second kappa shape index (κ2) is 17.6. The van der Waals surface area contributed by atoms with Crippen molar-refractivity contribution in [2.24, 2.45) is 14.1 Å². The first-order valence-electron chi connectivity index (χ1n) is 17.4. The number of carbonyl (C=O) groups is 2. The summed E-state index contributed by atoms with van der Waals surface area (Å²) in [4.78, 5) is 69.7. The van der Waals surface area contributed by atoms with Crippen LogP contribution >= 0.6 is 0 Å². The Morgan fingerprint density at radius 1 is 0.759 bits per heavy atom. The molecule has 54 heavy (non-hydrogen) atoms. The number of imidazole rings is 2. The molecule has 0 amide bonds. The first-order chi connectivity index (χ1) is 26.0. The van der Waals surface area contributed by atoms with Crippen molar-refractivity contribution in [1.82, 2.24) is 48.8 Å². The van der Waals surface area contributed by atoms with Gasteiger partial charge in [0.25, 0.3) is 11.1 Å². The van der Waals surface area contributed by atoms with Crippen molar-refractivity contribution in [2.45, 2.75) is 46.4 Å². The Hall–Kier alpha value is -6.12. The summed E-state index contributed by atoms with van der Waals surface area (Å²) >= 11 is 0. The van der Waals surface area contributed by atoms with Crippen LogP contribution in [0.25, 0.3) is 22.3 Å². The molecule has 2 fully saturated rings. The number of carboxylic acid groups (broad SMARTS) is 2. The second-order valence-electron chi connectivity index (χ2n) is 12.2. The van der Waals surface area contributed by atoms with Crippen LogP contribution in [0.1, 0.15) is 27.2 Å². The first kappa shape index (κ1) is 39.1. The summed E-state index contributed by atoms with van der Waals surface area (Å²) in [5, 5.41) is 24.6. The molecule has 4 aromatic rings. The van der Waals surface area contributed by atoms with Gasteiger partial charge in [-0.05, 0) is 20.3 Å². The molecule has 6 rings (SSSR count). The Kier molecular flexibility index (Phi) is 12.7. The maximum absolute atomic E-state index is 13.0. The fourth-order valence-corrected chi connectivity index (χ4v) is 5.88. The number of carboxylic acids is 2. The van der Waals surface area contributed by atoms with Gasteiger partial charge in [-0.25, -0.2) is 9.59 Å². The van der Waals surface area contributed by atoms with Crippen molar-refractivity contribution in [3.05, 3.63) is 20.7 Å². The standard InChI is InChI=1S/C18H24N6O4.C16H20N6O4/c1-4-6-9-24-13-14(20-17(24)23-10-7-19-8-11-23)21-18(22(3)15(13)25)28-12(5-2)16(26)27;1-3-4-7-22-12-13(18-15(22)21-8-5-17-6-9-21)19-16(20(2)14(12)25)26-10-11(23)24/h12,19H,5,7-11H2,1-3H3,(H,26,27);17H,5-10H2,1-2H3,(H,23,24). The SMILES string of the molecule is CC#CCn1c(N2CCNCC2)nc2nc(OC(CC)C(=O)O)n(C)c(=O)c21.CC#CCn1c(N2CCNCC2)nc2nc(OCC(=O)O)n(C)c(=O)c21. The highest BCUT2D eigenvalue weighted by Gasteiger charge is 2.26. The predicted octanol–water partition coefficient (Wildman–Crippen LogP) is -1.17. The van der Waals surface area contributed by atoms with E-state index in [1.165, 1.54) is 23.2 Å². The molecular formula is C34H44N12O8. The number of aliphatic carboxylic acids is 2. The number of aromatic nitrogens is 8. The van der Waals surface area contributed by atoms with Gasteiger partial charge in [0, 0.05) is 66.5 Å². The molecule has 0 aromatic carbocycles. The van der Waals surface area contributed by atoms with E-state index >= 15 is 0 Å². The Morgan fingerprint density at radius 2 is 1.20 bits per heavy atom. The Bertz CT molecular complexity index is 2260. The fourth-order valence-electron chi connectivity index (χ4n) is 5.88. The number of piperazine rings is 2. The Balaban J connectivity index is 0.000000208. The van der Waals surface area contributed by atoms with E-state index in [4.69, 9.17) is 14.6 Å². The van der Waals surface area contributed by atoms with Gasteiger partial charge < -0.3 is 40.1 Å². The topological polar surface area (TPSA) is 229 Å². The summed E-state index contributed by atoms with van der Waals surface area (Å²) in [5.41, 5.74) is 0.389. The van der Waals surface area contributed by atoms with Crippen LogP contribution in [0.5, 0.6) is 12.0 Å². The van der Waals surface area contributed by atoms with E-state index in [1.54, 1.807) is 29.9 Å². The minimum absolute atomic E-state index is 0.0650. The summed E-state index contributed by atoms with van der Waals surface area (Å²) in [6.07, 6.45) is -0.841. The normalized spacial score (nSPS) is 14.7. The van der Waals surface area contributed by atoms with Gasteiger partial charge in [-0.2, -0.15) is 19.9 Å². The van der Waals surface area contributed by atoms with Crippen LogP contribution in [0.2, 0.25) is 0 Å². The molecule has 2 saturated heterocycles. The summed E-state index contributed by atoms with van der Waals surface area (Å²) in [7, 11) is 2.99. The van der Waals surface area contributed by atoms with Crippen molar-refractivity contribution in [3.63, 3.8) is 0 Å². The van der Waals surface area contributed by atoms with Crippen LogP contribution in [0, 0.1) is 23.7 Å². The molecule has 0 bridgehead atoms. The lowest BCUT2D eigenvalue weighted by molar-refractivity contribution is -0.145. The van der Waals surface area contributed by atoms with Gasteiger partial charge >= 0.3 is 24.0 Å². The number of hydrogen-bond donors (Lipinski definition) is 4. The molecule has 20 heteroatoms. The van der Waals surface area contributed by atoms with Crippen molar-refractivity contribution in [1.29, 1.82) is 0 Å². The van der Waals surface area contributed by atoms with E-state index in [-0.39, 0.29) is 40.9 Å². The van der Waals surface area contributed by atoms with Crippen molar-refractivity contribution in [2.75, 3.05) is 68.8 Å². The summed E-state index contributed by atoms with van der Waals surface area (Å²) in [5.74, 6) is 10.6. The first-order valence-corrected chi connectivity index (χ1v) is 17.4. The minimum atomic E-state index is -1.15. The zero-order chi connectivity index (χ0) is 38.9. The van der Waals surface area contributed by atoms with Crippen molar-refractivity contribution < 1.29 is 29.3 Å². The molecule has 6 heterocycles. The molecule has 2 aliphatic rings. The zero-order valence-corrected chi connectivity index (χ0v) is 30.9. The molecule has 1 unspecified atom stereocenters. The van der Waals surface area contributed by atoms with Crippen molar-refractivity contribution >= 4 is 46.2 Å². The van der Waals surface area contributed by atoms with Gasteiger partial charge in [0.2, 0.25) is 11.9 Å². The number of ether oxygens (including phenoxy) is 2. The molecular weight excluding hydrogens is 704 g/mol. The van der Waals surface area contributed by atoms with Gasteiger partial charge in [0.15, 0.2) is 35.0 Å². The fraction of sp³-hybridized carbons (Fsp3) is 0.529. The third kappa shape index (κ3) is 8.40. The number of hydrogen-bond acceptors (Lipinski definition) is 14. The molecule has 2 aliphatic heterocycles. The van der Waals surface area contributed by atoms with E-state index in [2.05, 4.69) is 64.1 Å². The van der Waals surface area contributed by atoms with Gasteiger partial charge in [-0.15, -0.1) is 11.8 Å². The molecule has 4 N–H and O–H groups in total. The van der Waals surface area contributed by atoms with Gasteiger partial charge in [-0.3, -0.25) is 27.9 Å². The maximum Gasteiger partial charge on any atom is 0.345 e. The lowest BCUT2D eigenvalue weighted by Gasteiger charge is -2.28. The molecule has 4 aromatic heterocycles. The number of anilines is 2. The molecule has 20 nitrogen and oxygen atoms in total. The predicted molar refractivity (Wildman–Crippen MR) is 198 cm³/mol. The summed E-state index contributed by atoms with van der Waals surface area (Å²) in [6, 6.07) is -0.146. The average Bonchev–Trinajstić information content (AvgIpc) is 3.73. The van der Waals surface area contributed by atoms with Gasteiger partial charge in [-0.1, -0.05) is 18.8 Å². The van der Waals surface area contributed by atoms with E-state index in [9.17, 15) is 24.3 Å². The van der Waals surface area contributed by atoms with Crippen LogP contribution in [0.4, 0.5) is 11.9 Å². The highest BCUT2D eigenvalue weighted by molar-refractivity contribution is 5.76. The Labute approximate surface area is 309 Å². The van der Waals surface area contributed by atoms with E-state index in [0.29, 0.717) is 36.0 Å². The largest absolute Gasteiger partial charge is 0.479 e. The lowest BCUT2D eigenvalue weighted by atomic mass is 10.3. The third-order valence-electron chi connectivity index (χ3n) is 8.70. The monoisotopic (exact) mass is 748 g/mol. The molecule has 0 spiro atoms. The number of nitrogens with zero attached hydrogens (tertiary/aromatic N) is 10.